The Kier molecular flexibility index (Phi) is 3.91. The number of rotatable bonds is 4. The van der Waals surface area contributed by atoms with Gasteiger partial charge in [0.1, 0.15) is 0 Å². The molecule has 0 aromatic rings. The van der Waals surface area contributed by atoms with Gasteiger partial charge in [-0.1, -0.05) is 0 Å². The van der Waals surface area contributed by atoms with Gasteiger partial charge in [-0.15, -0.1) is 0 Å². The molecule has 0 aliphatic heterocycles. The molecule has 0 atom stereocenters. The fourth-order valence-electron chi connectivity index (χ4n) is 0.416. The molecule has 0 radical (unpaired) electrons. The molecule has 0 aromatic carbocycles. The van der Waals surface area contributed by atoms with Gasteiger partial charge in [0, 0.05) is 14.2 Å². The average Bonchev–Trinajstić information content (AvgIpc) is 1.84. The summed E-state index contributed by atoms with van der Waals surface area (Å²) in [6, 6.07) is 0. The van der Waals surface area contributed by atoms with Crippen molar-refractivity contribution in [1.82, 2.24) is 0 Å². The van der Waals surface area contributed by atoms with Gasteiger partial charge in [0.15, 0.2) is 5.90 Å². The Labute approximate surface area is 64.2 Å². The maximum atomic E-state index is 11.0. The molecule has 2 N–H and O–H groups in total. The molecule has 0 heterocycles. The van der Waals surface area contributed by atoms with Gasteiger partial charge < -0.3 is 18.8 Å². The van der Waals surface area contributed by atoms with Gasteiger partial charge in [0.25, 0.3) is 0 Å². The van der Waals surface area contributed by atoms with Crippen molar-refractivity contribution >= 4 is 15.2 Å². The second-order valence-corrected chi connectivity index (χ2v) is 6.20. The summed E-state index contributed by atoms with van der Waals surface area (Å²) in [5.74, 6) is -0.882. The zero-order valence-corrected chi connectivity index (χ0v) is 7.92. The maximum Gasteiger partial charge on any atom is 0.342 e. The van der Waals surface area contributed by atoms with Crippen molar-refractivity contribution in [2.24, 2.45) is 0 Å². The molecule has 6 nitrogen and oxygen atoms in total. The lowest BCUT2D eigenvalue weighted by Gasteiger charge is -2.13. The minimum absolute atomic E-state index is 0.882. The Hall–Kier alpha value is 0.300. The molecule has 0 unspecified atom stereocenters. The summed E-state index contributed by atoms with van der Waals surface area (Å²) in [5, 5.41) is 0. The largest absolute Gasteiger partial charge is 0.342 e. The summed E-state index contributed by atoms with van der Waals surface area (Å²) in [7, 11) is -5.76. The highest BCUT2D eigenvalue weighted by Gasteiger charge is 2.31. The minimum Gasteiger partial charge on any atom is -0.324 e. The van der Waals surface area contributed by atoms with Gasteiger partial charge in [-0.3, -0.25) is 9.13 Å². The molecule has 0 saturated heterocycles. The SMILES string of the molecule is COP(=O)(CP(=O)(O)O)OC. The topological polar surface area (TPSA) is 93.1 Å². The first kappa shape index (κ1) is 11.3. The zero-order valence-electron chi connectivity index (χ0n) is 6.13. The van der Waals surface area contributed by atoms with Crippen LogP contribution in [0.15, 0.2) is 0 Å². The van der Waals surface area contributed by atoms with Crippen molar-refractivity contribution in [3.05, 3.63) is 0 Å². The summed E-state index contributed by atoms with van der Waals surface area (Å²) in [6.45, 7) is 0. The fourth-order valence-corrected chi connectivity index (χ4v) is 3.29. The lowest BCUT2D eigenvalue weighted by Crippen LogP contribution is -1.95. The smallest absolute Gasteiger partial charge is 0.324 e. The van der Waals surface area contributed by atoms with Crippen LogP contribution in [0.2, 0.25) is 0 Å². The minimum atomic E-state index is -4.33. The standard InChI is InChI=1S/C3H10O6P2/c1-8-11(7,9-2)3-10(4,5)6/h3H2,1-2H3,(H2,4,5,6). The first-order valence-electron chi connectivity index (χ1n) is 2.58. The van der Waals surface area contributed by atoms with Crippen molar-refractivity contribution in [3.63, 3.8) is 0 Å². The summed E-state index contributed by atoms with van der Waals surface area (Å²) in [6.07, 6.45) is 0. The molecule has 0 spiro atoms. The third-order valence-corrected chi connectivity index (χ3v) is 4.89. The quantitative estimate of drug-likeness (QED) is 0.651. The molecule has 68 valence electrons. The van der Waals surface area contributed by atoms with Gasteiger partial charge >= 0.3 is 15.2 Å². The first-order valence-corrected chi connectivity index (χ1v) is 6.10. The molecular weight excluding hydrogens is 194 g/mol. The molecule has 0 amide bonds. The third kappa shape index (κ3) is 4.69. The van der Waals surface area contributed by atoms with Crippen LogP contribution in [0.25, 0.3) is 0 Å². The van der Waals surface area contributed by atoms with Gasteiger partial charge in [-0.25, -0.2) is 0 Å². The predicted octanol–water partition coefficient (Wildman–Crippen LogP) is 0.607. The highest BCUT2D eigenvalue weighted by atomic mass is 31.2. The molecule has 0 bridgehead atoms. The van der Waals surface area contributed by atoms with Crippen LogP contribution in [0.3, 0.4) is 0 Å². The van der Waals surface area contributed by atoms with Crippen LogP contribution in [0.4, 0.5) is 0 Å². The summed E-state index contributed by atoms with van der Waals surface area (Å²) >= 11 is 0. The lowest BCUT2D eigenvalue weighted by atomic mass is 11.8. The van der Waals surface area contributed by atoms with E-state index in [1.807, 2.05) is 0 Å². The molecule has 0 aliphatic carbocycles. The van der Waals surface area contributed by atoms with Crippen LogP contribution < -0.4 is 0 Å². The Bertz CT molecular complexity index is 198. The summed E-state index contributed by atoms with van der Waals surface area (Å²) in [5.41, 5.74) is 0. The van der Waals surface area contributed by atoms with E-state index in [9.17, 15) is 9.13 Å². The summed E-state index contributed by atoms with van der Waals surface area (Å²) < 4.78 is 30.0. The highest BCUT2D eigenvalue weighted by molar-refractivity contribution is 7.70. The van der Waals surface area contributed by atoms with Crippen molar-refractivity contribution in [1.29, 1.82) is 0 Å². The monoisotopic (exact) mass is 204 g/mol. The molecule has 0 aromatic heterocycles. The normalized spacial score (nSPS) is 13.5. The lowest BCUT2D eigenvalue weighted by molar-refractivity contribution is 0.276. The molecule has 0 rings (SSSR count). The fraction of sp³-hybridized carbons (Fsp3) is 1.00. The molecular formula is C3H10O6P2. The molecule has 0 aliphatic rings. The second-order valence-electron chi connectivity index (χ2n) is 1.78. The van der Waals surface area contributed by atoms with Gasteiger partial charge in [-0.05, 0) is 0 Å². The van der Waals surface area contributed by atoms with E-state index in [0.717, 1.165) is 14.2 Å². The predicted molar refractivity (Wildman–Crippen MR) is 38.5 cm³/mol. The molecule has 0 fully saturated rings. The third-order valence-electron chi connectivity index (χ3n) is 0.914. The van der Waals surface area contributed by atoms with Gasteiger partial charge in [-0.2, -0.15) is 0 Å². The van der Waals surface area contributed by atoms with E-state index in [1.165, 1.54) is 0 Å². The number of hydrogen-bond donors (Lipinski definition) is 2. The van der Waals surface area contributed by atoms with E-state index in [2.05, 4.69) is 9.05 Å². The molecule has 0 saturated carbocycles. The van der Waals surface area contributed by atoms with Crippen molar-refractivity contribution < 1.29 is 28.0 Å². The van der Waals surface area contributed by atoms with Gasteiger partial charge in [0.2, 0.25) is 0 Å². The van der Waals surface area contributed by atoms with E-state index in [0.29, 0.717) is 0 Å². The van der Waals surface area contributed by atoms with E-state index >= 15 is 0 Å². The van der Waals surface area contributed by atoms with Crippen LogP contribution >= 0.6 is 15.2 Å². The van der Waals surface area contributed by atoms with Crippen molar-refractivity contribution in [3.8, 4) is 0 Å². The maximum absolute atomic E-state index is 11.0. The van der Waals surface area contributed by atoms with Crippen LogP contribution in [0, 0.1) is 0 Å². The van der Waals surface area contributed by atoms with E-state index in [1.54, 1.807) is 0 Å². The Morgan fingerprint density at radius 1 is 1.18 bits per heavy atom. The first-order chi connectivity index (χ1) is 4.83. The van der Waals surface area contributed by atoms with Crippen LogP contribution in [0.1, 0.15) is 0 Å². The van der Waals surface area contributed by atoms with Gasteiger partial charge in [0.05, 0.1) is 0 Å². The van der Waals surface area contributed by atoms with Crippen LogP contribution in [-0.4, -0.2) is 29.9 Å². The van der Waals surface area contributed by atoms with Crippen molar-refractivity contribution in [2.75, 3.05) is 20.1 Å². The Balaban J connectivity index is 4.34. The van der Waals surface area contributed by atoms with Crippen molar-refractivity contribution in [2.45, 2.75) is 0 Å². The number of hydrogen-bond acceptors (Lipinski definition) is 4. The van der Waals surface area contributed by atoms with Crippen LogP contribution in [0.5, 0.6) is 0 Å². The average molecular weight is 204 g/mol. The Morgan fingerprint density at radius 2 is 1.55 bits per heavy atom. The van der Waals surface area contributed by atoms with E-state index in [4.69, 9.17) is 9.79 Å². The zero-order chi connectivity index (χ0) is 9.12. The highest BCUT2D eigenvalue weighted by Crippen LogP contribution is 2.57. The summed E-state index contributed by atoms with van der Waals surface area (Å²) in [4.78, 5) is 16.8. The second kappa shape index (κ2) is 3.81. The van der Waals surface area contributed by atoms with E-state index in [-0.39, 0.29) is 0 Å². The Morgan fingerprint density at radius 3 is 1.64 bits per heavy atom. The molecule has 11 heavy (non-hydrogen) atoms. The van der Waals surface area contributed by atoms with E-state index < -0.39 is 21.1 Å². The molecule has 8 heteroatoms. The van der Waals surface area contributed by atoms with Crippen LogP contribution in [-0.2, 0) is 18.2 Å².